The highest BCUT2D eigenvalue weighted by Crippen LogP contribution is 2.23. The second-order valence-corrected chi connectivity index (χ2v) is 6.21. The van der Waals surface area contributed by atoms with Crippen molar-refractivity contribution in [2.75, 3.05) is 12.3 Å². The Balaban J connectivity index is 2.65. The number of hydrogen-bond donors (Lipinski definition) is 2. The van der Waals surface area contributed by atoms with Gasteiger partial charge in [0.1, 0.15) is 0 Å². The van der Waals surface area contributed by atoms with Gasteiger partial charge in [-0.3, -0.25) is 0 Å². The Morgan fingerprint density at radius 3 is 2.61 bits per heavy atom. The molecule has 3 atom stereocenters. The molecule has 2 N–H and O–H groups in total. The van der Waals surface area contributed by atoms with Gasteiger partial charge >= 0.3 is 0 Å². The highest BCUT2D eigenvalue weighted by Gasteiger charge is 2.15. The Morgan fingerprint density at radius 1 is 1.33 bits per heavy atom. The summed E-state index contributed by atoms with van der Waals surface area (Å²) in [5.74, 6) is 0.989. The quantitative estimate of drug-likeness (QED) is 0.796. The van der Waals surface area contributed by atoms with Crippen molar-refractivity contribution in [3.63, 3.8) is 0 Å². The van der Waals surface area contributed by atoms with Crippen LogP contribution in [0.2, 0.25) is 0 Å². The molecule has 1 rings (SSSR count). The third-order valence-corrected chi connectivity index (χ3v) is 4.55. The number of benzene rings is 1. The van der Waals surface area contributed by atoms with Crippen molar-refractivity contribution in [3.05, 3.63) is 35.4 Å². The maximum absolute atomic E-state index is 9.54. The summed E-state index contributed by atoms with van der Waals surface area (Å²) in [6, 6.07) is 9.01. The van der Waals surface area contributed by atoms with Crippen LogP contribution < -0.4 is 5.32 Å². The number of aliphatic hydroxyl groups is 1. The fourth-order valence-corrected chi connectivity index (χ4v) is 2.88. The van der Waals surface area contributed by atoms with Crippen molar-refractivity contribution in [3.8, 4) is 0 Å². The molecule has 2 nitrogen and oxygen atoms in total. The largest absolute Gasteiger partial charge is 0.392 e. The van der Waals surface area contributed by atoms with Gasteiger partial charge in [0.2, 0.25) is 0 Å². The minimum atomic E-state index is -0.255. The molecule has 3 unspecified atom stereocenters. The van der Waals surface area contributed by atoms with Crippen LogP contribution in [-0.2, 0) is 0 Å². The van der Waals surface area contributed by atoms with E-state index in [4.69, 9.17) is 0 Å². The summed E-state index contributed by atoms with van der Waals surface area (Å²) < 4.78 is 0. The number of thioether (sulfide) groups is 1. The highest BCUT2D eigenvalue weighted by molar-refractivity contribution is 7.99. The molecule has 0 radical (unpaired) electrons. The van der Waals surface area contributed by atoms with E-state index in [9.17, 15) is 5.11 Å². The smallest absolute Gasteiger partial charge is 0.0628 e. The van der Waals surface area contributed by atoms with Crippen LogP contribution in [0.5, 0.6) is 0 Å². The summed E-state index contributed by atoms with van der Waals surface area (Å²) in [5.41, 5.74) is 2.63. The van der Waals surface area contributed by atoms with Crippen LogP contribution in [0.25, 0.3) is 0 Å². The zero-order valence-corrected chi connectivity index (χ0v) is 12.6. The third kappa shape index (κ3) is 5.01. The Kier molecular flexibility index (Phi) is 6.76. The van der Waals surface area contributed by atoms with Crippen molar-refractivity contribution in [2.24, 2.45) is 0 Å². The predicted molar refractivity (Wildman–Crippen MR) is 81.2 cm³/mol. The lowest BCUT2D eigenvalue weighted by Crippen LogP contribution is -2.25. The molecule has 3 heteroatoms. The number of rotatable bonds is 7. The van der Waals surface area contributed by atoms with Crippen molar-refractivity contribution in [1.82, 2.24) is 5.32 Å². The molecule has 0 saturated heterocycles. The molecular weight excluding hydrogens is 242 g/mol. The molecule has 0 aromatic heterocycles. The normalized spacial score (nSPS) is 16.3. The molecule has 0 saturated carbocycles. The van der Waals surface area contributed by atoms with Gasteiger partial charge in [0.15, 0.2) is 0 Å². The average molecular weight is 267 g/mol. The van der Waals surface area contributed by atoms with Gasteiger partial charge in [0, 0.05) is 17.0 Å². The SMILES string of the molecule is CCNC(CSC(C)C(C)O)c1cccc(C)c1. The predicted octanol–water partition coefficient (Wildman–Crippen LogP) is 3.15. The summed E-state index contributed by atoms with van der Waals surface area (Å²) in [6.07, 6.45) is -0.255. The molecule has 1 aromatic rings. The number of aliphatic hydroxyl groups excluding tert-OH is 1. The summed E-state index contributed by atoms with van der Waals surface area (Å²) in [7, 11) is 0. The van der Waals surface area contributed by atoms with E-state index < -0.39 is 0 Å². The summed E-state index contributed by atoms with van der Waals surface area (Å²) in [4.78, 5) is 0. The van der Waals surface area contributed by atoms with E-state index in [1.165, 1.54) is 11.1 Å². The fraction of sp³-hybridized carbons (Fsp3) is 0.600. The van der Waals surface area contributed by atoms with Crippen LogP contribution in [0.1, 0.15) is 37.9 Å². The second-order valence-electron chi connectivity index (χ2n) is 4.80. The molecule has 0 fully saturated rings. The first kappa shape index (κ1) is 15.5. The zero-order chi connectivity index (χ0) is 13.5. The maximum Gasteiger partial charge on any atom is 0.0628 e. The van der Waals surface area contributed by atoms with E-state index in [2.05, 4.69) is 50.4 Å². The molecule has 0 spiro atoms. The summed E-state index contributed by atoms with van der Waals surface area (Å²) >= 11 is 1.82. The molecule has 0 aliphatic heterocycles. The lowest BCUT2D eigenvalue weighted by Gasteiger charge is -2.21. The molecule has 0 aliphatic carbocycles. The molecule has 102 valence electrons. The lowest BCUT2D eigenvalue weighted by molar-refractivity contribution is 0.196. The van der Waals surface area contributed by atoms with E-state index in [0.29, 0.717) is 6.04 Å². The van der Waals surface area contributed by atoms with Gasteiger partial charge in [-0.25, -0.2) is 0 Å². The average Bonchev–Trinajstić information content (AvgIpc) is 2.33. The number of nitrogens with one attached hydrogen (secondary N) is 1. The van der Waals surface area contributed by atoms with Crippen molar-refractivity contribution >= 4 is 11.8 Å². The lowest BCUT2D eigenvalue weighted by atomic mass is 10.1. The maximum atomic E-state index is 9.54. The Hall–Kier alpha value is -0.510. The van der Waals surface area contributed by atoms with Gasteiger partial charge in [0.25, 0.3) is 0 Å². The second kappa shape index (κ2) is 7.82. The van der Waals surface area contributed by atoms with E-state index in [1.807, 2.05) is 18.7 Å². The zero-order valence-electron chi connectivity index (χ0n) is 11.8. The van der Waals surface area contributed by atoms with Gasteiger partial charge < -0.3 is 10.4 Å². The van der Waals surface area contributed by atoms with E-state index in [0.717, 1.165) is 12.3 Å². The monoisotopic (exact) mass is 267 g/mol. The van der Waals surface area contributed by atoms with Gasteiger partial charge in [-0.05, 0) is 26.0 Å². The van der Waals surface area contributed by atoms with E-state index in [-0.39, 0.29) is 11.4 Å². The molecule has 0 aliphatic rings. The first-order valence-corrected chi connectivity index (χ1v) is 7.69. The minimum absolute atomic E-state index is 0.255. The Morgan fingerprint density at radius 2 is 2.06 bits per heavy atom. The van der Waals surface area contributed by atoms with Crippen LogP contribution >= 0.6 is 11.8 Å². The topological polar surface area (TPSA) is 32.3 Å². The standard InChI is InChI=1S/C15H25NOS/c1-5-16-15(10-18-13(4)12(3)17)14-8-6-7-11(2)9-14/h6-9,12-13,15-17H,5,10H2,1-4H3. The Bertz CT molecular complexity index is 354. The molecule has 1 aromatic carbocycles. The van der Waals surface area contributed by atoms with Crippen LogP contribution in [0.4, 0.5) is 0 Å². The summed E-state index contributed by atoms with van der Waals surface area (Å²) in [6.45, 7) is 9.15. The van der Waals surface area contributed by atoms with Crippen LogP contribution in [-0.4, -0.2) is 28.8 Å². The fourth-order valence-electron chi connectivity index (χ4n) is 1.79. The van der Waals surface area contributed by atoms with Crippen LogP contribution in [0, 0.1) is 6.92 Å². The minimum Gasteiger partial charge on any atom is -0.392 e. The highest BCUT2D eigenvalue weighted by atomic mass is 32.2. The van der Waals surface area contributed by atoms with Gasteiger partial charge in [-0.2, -0.15) is 11.8 Å². The molecule has 0 bridgehead atoms. The van der Waals surface area contributed by atoms with Gasteiger partial charge in [-0.1, -0.05) is 43.7 Å². The van der Waals surface area contributed by atoms with Gasteiger partial charge in [0.05, 0.1) is 6.10 Å². The summed E-state index contributed by atoms with van der Waals surface area (Å²) in [5, 5.41) is 13.3. The number of aryl methyl sites for hydroxylation is 1. The van der Waals surface area contributed by atoms with Gasteiger partial charge in [-0.15, -0.1) is 0 Å². The first-order chi connectivity index (χ1) is 8.54. The van der Waals surface area contributed by atoms with Crippen molar-refractivity contribution < 1.29 is 5.11 Å². The Labute approximate surface area is 115 Å². The van der Waals surface area contributed by atoms with Crippen molar-refractivity contribution in [1.29, 1.82) is 0 Å². The third-order valence-electron chi connectivity index (χ3n) is 3.10. The molecular formula is C15H25NOS. The van der Waals surface area contributed by atoms with E-state index >= 15 is 0 Å². The van der Waals surface area contributed by atoms with E-state index in [1.54, 1.807) is 0 Å². The van der Waals surface area contributed by atoms with Crippen LogP contribution in [0.15, 0.2) is 24.3 Å². The molecule has 18 heavy (non-hydrogen) atoms. The molecule has 0 amide bonds. The molecule has 0 heterocycles. The van der Waals surface area contributed by atoms with Crippen molar-refractivity contribution in [2.45, 2.75) is 45.1 Å². The van der Waals surface area contributed by atoms with Crippen LogP contribution in [0.3, 0.4) is 0 Å². The number of hydrogen-bond acceptors (Lipinski definition) is 3. The first-order valence-electron chi connectivity index (χ1n) is 6.64.